The van der Waals surface area contributed by atoms with Gasteiger partial charge in [0.2, 0.25) is 5.96 Å². The Labute approximate surface area is 195 Å². The lowest BCUT2D eigenvalue weighted by Crippen LogP contribution is -2.36. The number of hydrogen-bond acceptors (Lipinski definition) is 4. The van der Waals surface area contributed by atoms with Crippen molar-refractivity contribution in [2.24, 2.45) is 4.99 Å². The van der Waals surface area contributed by atoms with Crippen LogP contribution in [0.15, 0.2) is 41.4 Å². The van der Waals surface area contributed by atoms with E-state index in [2.05, 4.69) is 22.7 Å². The fourth-order valence-electron chi connectivity index (χ4n) is 3.65. The molecule has 0 aliphatic carbocycles. The highest BCUT2D eigenvalue weighted by molar-refractivity contribution is 6.10. The number of aromatic nitrogens is 2. The quantitative estimate of drug-likeness (QED) is 0.418. The second-order valence-corrected chi connectivity index (χ2v) is 8.21. The zero-order chi connectivity index (χ0) is 24.1. The van der Waals surface area contributed by atoms with Crippen LogP contribution in [0, 0.1) is 34.6 Å². The molecule has 0 aliphatic rings. The molecule has 0 atom stereocenters. The van der Waals surface area contributed by atoms with Gasteiger partial charge in [0.15, 0.2) is 0 Å². The smallest absolute Gasteiger partial charge is 0.257 e. The molecule has 3 rings (SSSR count). The van der Waals surface area contributed by atoms with Crippen LogP contribution in [0.3, 0.4) is 0 Å². The molecule has 33 heavy (non-hydrogen) atoms. The van der Waals surface area contributed by atoms with Crippen molar-refractivity contribution in [3.05, 3.63) is 75.6 Å². The van der Waals surface area contributed by atoms with E-state index in [1.54, 1.807) is 7.11 Å². The number of nitrogens with zero attached hydrogens (tertiary/aromatic N) is 3. The van der Waals surface area contributed by atoms with Crippen molar-refractivity contribution in [1.82, 2.24) is 15.1 Å². The Morgan fingerprint density at radius 1 is 1.06 bits per heavy atom. The number of guanidine groups is 1. The Morgan fingerprint density at radius 2 is 1.82 bits per heavy atom. The molecule has 2 aromatic carbocycles. The zero-order valence-corrected chi connectivity index (χ0v) is 20.5. The Morgan fingerprint density at radius 3 is 2.45 bits per heavy atom. The molecule has 0 unspecified atom stereocenters. The number of nitrogens with one attached hydrogen (secondary N) is 2. The van der Waals surface area contributed by atoms with Crippen molar-refractivity contribution in [2.45, 2.75) is 54.6 Å². The van der Waals surface area contributed by atoms with Crippen LogP contribution in [0.4, 0.5) is 5.69 Å². The van der Waals surface area contributed by atoms with Gasteiger partial charge in [-0.3, -0.25) is 14.8 Å². The van der Waals surface area contributed by atoms with Gasteiger partial charge in [-0.2, -0.15) is 5.10 Å². The zero-order valence-electron chi connectivity index (χ0n) is 20.5. The summed E-state index contributed by atoms with van der Waals surface area (Å²) in [7, 11) is 1.62. The van der Waals surface area contributed by atoms with E-state index in [4.69, 9.17) is 9.73 Å². The monoisotopic (exact) mass is 447 g/mol. The van der Waals surface area contributed by atoms with Crippen LogP contribution in [-0.2, 0) is 13.1 Å². The molecule has 0 spiro atoms. The van der Waals surface area contributed by atoms with E-state index in [-0.39, 0.29) is 5.91 Å². The van der Waals surface area contributed by atoms with Crippen LogP contribution < -0.4 is 15.4 Å². The van der Waals surface area contributed by atoms with E-state index in [0.29, 0.717) is 23.8 Å². The minimum Gasteiger partial charge on any atom is -0.495 e. The Balaban J connectivity index is 1.94. The van der Waals surface area contributed by atoms with Crippen molar-refractivity contribution in [3.8, 4) is 5.75 Å². The first-order chi connectivity index (χ1) is 15.7. The van der Waals surface area contributed by atoms with E-state index >= 15 is 0 Å². The van der Waals surface area contributed by atoms with Gasteiger partial charge >= 0.3 is 0 Å². The second kappa shape index (κ2) is 10.3. The van der Waals surface area contributed by atoms with E-state index in [1.807, 2.05) is 75.7 Å². The Kier molecular flexibility index (Phi) is 7.53. The summed E-state index contributed by atoms with van der Waals surface area (Å²) in [6.45, 7) is 13.3. The number of methoxy groups -OCH3 is 1. The molecular weight excluding hydrogens is 414 g/mol. The Hall–Kier alpha value is -3.61. The number of aliphatic imine (C=N–C) groups is 1. The summed E-state index contributed by atoms with van der Waals surface area (Å²) in [5.41, 5.74) is 7.64. The van der Waals surface area contributed by atoms with Gasteiger partial charge in [-0.15, -0.1) is 0 Å². The maximum absolute atomic E-state index is 13.0. The summed E-state index contributed by atoms with van der Waals surface area (Å²) < 4.78 is 7.46. The maximum Gasteiger partial charge on any atom is 0.257 e. The van der Waals surface area contributed by atoms with E-state index < -0.39 is 0 Å². The van der Waals surface area contributed by atoms with Gasteiger partial charge < -0.3 is 10.1 Å². The standard InChI is InChI=1S/C26H33N5O2/c1-8-31-20(6)22(19(5)30-31)15-27-26(28-23-13-16(2)9-12-24(23)33-7)29-25(32)21-11-10-17(3)18(4)14-21/h9-14H,8,15H2,1-7H3,(H2,27,28,29,32). The summed E-state index contributed by atoms with van der Waals surface area (Å²) in [4.78, 5) is 17.8. The van der Waals surface area contributed by atoms with Gasteiger partial charge in [0.05, 0.1) is 25.0 Å². The lowest BCUT2D eigenvalue weighted by atomic mass is 10.1. The first-order valence-corrected chi connectivity index (χ1v) is 11.1. The van der Waals surface area contributed by atoms with Crippen LogP contribution in [0.2, 0.25) is 0 Å². The molecule has 7 heteroatoms. The normalized spacial score (nSPS) is 11.4. The summed E-state index contributed by atoms with van der Waals surface area (Å²) in [6.07, 6.45) is 0. The molecule has 0 fully saturated rings. The molecule has 0 saturated heterocycles. The average Bonchev–Trinajstić information content (AvgIpc) is 3.06. The number of carbonyl (C=O) groups is 1. The third kappa shape index (κ3) is 5.61. The molecule has 0 bridgehead atoms. The molecule has 7 nitrogen and oxygen atoms in total. The summed E-state index contributed by atoms with van der Waals surface area (Å²) in [5.74, 6) is 0.790. The van der Waals surface area contributed by atoms with Gasteiger partial charge in [0, 0.05) is 23.4 Å². The number of carbonyl (C=O) groups excluding carboxylic acids is 1. The van der Waals surface area contributed by atoms with Crippen LogP contribution in [0.5, 0.6) is 5.75 Å². The summed E-state index contributed by atoms with van der Waals surface area (Å²) >= 11 is 0. The molecule has 1 heterocycles. The average molecular weight is 448 g/mol. The maximum atomic E-state index is 13.0. The molecule has 2 N–H and O–H groups in total. The third-order valence-electron chi connectivity index (χ3n) is 5.84. The molecule has 0 aliphatic heterocycles. The minimum absolute atomic E-state index is 0.228. The lowest BCUT2D eigenvalue weighted by molar-refractivity contribution is 0.0977. The number of benzene rings is 2. The fourth-order valence-corrected chi connectivity index (χ4v) is 3.65. The molecule has 0 radical (unpaired) electrons. The molecule has 1 aromatic heterocycles. The number of rotatable bonds is 6. The topological polar surface area (TPSA) is 80.5 Å². The van der Waals surface area contributed by atoms with E-state index in [9.17, 15) is 4.79 Å². The van der Waals surface area contributed by atoms with Gasteiger partial charge in [0.25, 0.3) is 5.91 Å². The molecule has 3 aromatic rings. The number of hydrogen-bond donors (Lipinski definition) is 2. The van der Waals surface area contributed by atoms with Crippen LogP contribution >= 0.6 is 0 Å². The Bertz CT molecular complexity index is 1190. The first-order valence-electron chi connectivity index (χ1n) is 11.1. The summed E-state index contributed by atoms with van der Waals surface area (Å²) in [6, 6.07) is 11.5. The second-order valence-electron chi connectivity index (χ2n) is 8.21. The van der Waals surface area contributed by atoms with Crippen molar-refractivity contribution < 1.29 is 9.53 Å². The van der Waals surface area contributed by atoms with Crippen molar-refractivity contribution in [1.29, 1.82) is 0 Å². The van der Waals surface area contributed by atoms with Gasteiger partial charge in [-0.05, 0) is 82.5 Å². The van der Waals surface area contributed by atoms with E-state index in [0.717, 1.165) is 45.9 Å². The summed E-state index contributed by atoms with van der Waals surface area (Å²) in [5, 5.41) is 10.8. The van der Waals surface area contributed by atoms with Crippen LogP contribution in [-0.4, -0.2) is 28.8 Å². The lowest BCUT2D eigenvalue weighted by Gasteiger charge is -2.15. The minimum atomic E-state index is -0.228. The van der Waals surface area contributed by atoms with Crippen LogP contribution in [0.1, 0.15) is 50.9 Å². The predicted octanol–water partition coefficient (Wildman–Crippen LogP) is 4.85. The highest BCUT2D eigenvalue weighted by Gasteiger charge is 2.15. The van der Waals surface area contributed by atoms with Gasteiger partial charge in [-0.1, -0.05) is 12.1 Å². The SMILES string of the molecule is CCn1nc(C)c(CN=C(NC(=O)c2ccc(C)c(C)c2)Nc2cc(C)ccc2OC)c1C. The van der Waals surface area contributed by atoms with Crippen molar-refractivity contribution in [3.63, 3.8) is 0 Å². The predicted molar refractivity (Wildman–Crippen MR) is 133 cm³/mol. The van der Waals surface area contributed by atoms with Gasteiger partial charge in [-0.25, -0.2) is 4.99 Å². The molecule has 0 saturated carbocycles. The number of anilines is 1. The number of ether oxygens (including phenoxy) is 1. The van der Waals surface area contributed by atoms with Gasteiger partial charge in [0.1, 0.15) is 5.75 Å². The first kappa shape index (κ1) is 24.0. The van der Waals surface area contributed by atoms with E-state index in [1.165, 1.54) is 0 Å². The van der Waals surface area contributed by atoms with Crippen molar-refractivity contribution >= 4 is 17.6 Å². The largest absolute Gasteiger partial charge is 0.495 e. The number of amides is 1. The highest BCUT2D eigenvalue weighted by Crippen LogP contribution is 2.25. The number of aryl methyl sites for hydroxylation is 5. The van der Waals surface area contributed by atoms with Crippen molar-refractivity contribution in [2.75, 3.05) is 12.4 Å². The van der Waals surface area contributed by atoms with Crippen LogP contribution in [0.25, 0.3) is 0 Å². The molecule has 174 valence electrons. The highest BCUT2D eigenvalue weighted by atomic mass is 16.5. The molecular formula is C26H33N5O2. The fraction of sp³-hybridized carbons (Fsp3) is 0.346. The molecule has 1 amide bonds. The third-order valence-corrected chi connectivity index (χ3v) is 5.84.